The van der Waals surface area contributed by atoms with Gasteiger partial charge in [-0.25, -0.2) is 0 Å². The van der Waals surface area contributed by atoms with Gasteiger partial charge in [-0.3, -0.25) is 0 Å². The Morgan fingerprint density at radius 1 is 1.11 bits per heavy atom. The second kappa shape index (κ2) is 6.98. The van der Waals surface area contributed by atoms with E-state index in [1.165, 1.54) is 0 Å². The van der Waals surface area contributed by atoms with Crippen LogP contribution in [-0.4, -0.2) is 51.0 Å². The zero-order valence-corrected chi connectivity index (χ0v) is 13.2. The summed E-state index contributed by atoms with van der Waals surface area (Å²) in [6.45, 7) is 2.02. The molecule has 5 heteroatoms. The van der Waals surface area contributed by atoms with Crippen LogP contribution in [0.25, 0.3) is 0 Å². The van der Waals surface area contributed by atoms with Gasteiger partial charge in [0.25, 0.3) is 0 Å². The predicted molar refractivity (Wildman–Crippen MR) is 72.0 cm³/mol. The summed E-state index contributed by atoms with van der Waals surface area (Å²) in [4.78, 5) is 0. The van der Waals surface area contributed by atoms with Crippen molar-refractivity contribution in [3.8, 4) is 11.5 Å². The number of benzene rings is 1. The molecule has 1 aromatic carbocycles. The van der Waals surface area contributed by atoms with Gasteiger partial charge in [0.15, 0.2) is 0 Å². The Morgan fingerprint density at radius 2 is 1.68 bits per heavy atom. The lowest BCUT2D eigenvalue weighted by atomic mass is 10.00. The quantitative estimate of drug-likeness (QED) is 0.695. The molecule has 2 unspecified atom stereocenters. The summed E-state index contributed by atoms with van der Waals surface area (Å²) >= 11 is 0. The number of aliphatic hydroxyl groups excluding tert-OH is 1. The second-order valence-electron chi connectivity index (χ2n) is 5.41. The van der Waals surface area contributed by atoms with Crippen molar-refractivity contribution in [3.63, 3.8) is 0 Å². The maximum Gasteiger partial charge on any atom is 0.134 e. The molecule has 2 atom stereocenters. The molecule has 19 heavy (non-hydrogen) atoms. The van der Waals surface area contributed by atoms with Gasteiger partial charge in [0.2, 0.25) is 0 Å². The van der Waals surface area contributed by atoms with Gasteiger partial charge >= 0.3 is 0 Å². The summed E-state index contributed by atoms with van der Waals surface area (Å²) in [5.74, 6) is 1.40. The van der Waals surface area contributed by atoms with Crippen LogP contribution in [0.15, 0.2) is 18.2 Å². The Bertz CT molecular complexity index is 404. The number of rotatable bonds is 5. The van der Waals surface area contributed by atoms with E-state index in [4.69, 9.17) is 9.47 Å². The summed E-state index contributed by atoms with van der Waals surface area (Å²) in [7, 11) is 9.39. The van der Waals surface area contributed by atoms with E-state index in [0.29, 0.717) is 10.2 Å². The van der Waals surface area contributed by atoms with Crippen LogP contribution in [0.2, 0.25) is 0 Å². The fraction of sp³-hybridized carbons (Fsp3) is 0.571. The van der Waals surface area contributed by atoms with Crippen molar-refractivity contribution < 1.29 is 31.5 Å². The van der Waals surface area contributed by atoms with Crippen molar-refractivity contribution in [1.82, 2.24) is 0 Å². The topological polar surface area (TPSA) is 38.7 Å². The van der Waals surface area contributed by atoms with Crippen LogP contribution in [0.5, 0.6) is 11.5 Å². The highest BCUT2D eigenvalue weighted by Gasteiger charge is 2.30. The van der Waals surface area contributed by atoms with Gasteiger partial charge in [0, 0.05) is 5.56 Å². The van der Waals surface area contributed by atoms with Crippen LogP contribution in [0.3, 0.4) is 0 Å². The molecular weight excluding hydrogens is 266 g/mol. The average molecular weight is 290 g/mol. The first-order chi connectivity index (χ1) is 8.31. The van der Waals surface area contributed by atoms with Crippen molar-refractivity contribution in [2.75, 3.05) is 35.4 Å². The number of ether oxygens (including phenoxy) is 2. The summed E-state index contributed by atoms with van der Waals surface area (Å²) in [5.41, 5.74) is 0.761. The van der Waals surface area contributed by atoms with Crippen molar-refractivity contribution >= 4 is 0 Å². The first kappa shape index (κ1) is 18.0. The molecule has 0 aliphatic rings. The van der Waals surface area contributed by atoms with Gasteiger partial charge in [0.05, 0.1) is 35.4 Å². The fourth-order valence-electron chi connectivity index (χ4n) is 1.75. The average Bonchev–Trinajstić information content (AvgIpc) is 2.35. The summed E-state index contributed by atoms with van der Waals surface area (Å²) in [6, 6.07) is 5.52. The van der Waals surface area contributed by atoms with E-state index >= 15 is 0 Å². The smallest absolute Gasteiger partial charge is 0.134 e. The summed E-state index contributed by atoms with van der Waals surface area (Å²) in [5, 5.41) is 10.5. The van der Waals surface area contributed by atoms with Crippen LogP contribution in [0, 0.1) is 0 Å². The molecule has 0 aliphatic heterocycles. The highest BCUT2D eigenvalue weighted by atomic mass is 35.5. The first-order valence-corrected chi connectivity index (χ1v) is 6.02. The number of halogens is 1. The largest absolute Gasteiger partial charge is 1.00 e. The predicted octanol–water partition coefficient (Wildman–Crippen LogP) is -1.16. The minimum absolute atomic E-state index is 0. The molecule has 1 aromatic rings. The Hall–Kier alpha value is -0.970. The lowest BCUT2D eigenvalue weighted by Gasteiger charge is -2.35. The summed E-state index contributed by atoms with van der Waals surface area (Å²) in [6.07, 6.45) is -0.602. The van der Waals surface area contributed by atoms with Crippen molar-refractivity contribution in [3.05, 3.63) is 23.8 Å². The molecule has 0 radical (unpaired) electrons. The Labute approximate surface area is 121 Å². The second-order valence-corrected chi connectivity index (χ2v) is 5.41. The maximum absolute atomic E-state index is 10.5. The number of nitrogens with zero attached hydrogens (tertiary/aromatic N) is 1. The third-order valence-electron chi connectivity index (χ3n) is 3.43. The van der Waals surface area contributed by atoms with Gasteiger partial charge in [0.1, 0.15) is 23.6 Å². The van der Waals surface area contributed by atoms with E-state index in [1.54, 1.807) is 14.2 Å². The summed E-state index contributed by atoms with van der Waals surface area (Å²) < 4.78 is 11.2. The minimum Gasteiger partial charge on any atom is -1.00 e. The highest BCUT2D eigenvalue weighted by Crippen LogP contribution is 2.33. The molecule has 0 fully saturated rings. The van der Waals surface area contributed by atoms with Crippen molar-refractivity contribution in [2.24, 2.45) is 0 Å². The molecule has 0 bridgehead atoms. The van der Waals surface area contributed by atoms with E-state index in [1.807, 2.05) is 25.1 Å². The van der Waals surface area contributed by atoms with Crippen LogP contribution in [-0.2, 0) is 0 Å². The van der Waals surface area contributed by atoms with Crippen molar-refractivity contribution in [2.45, 2.75) is 19.1 Å². The number of hydrogen-bond donors (Lipinski definition) is 1. The molecule has 1 N–H and O–H groups in total. The number of likely N-dealkylation sites (N-methyl/N-ethyl adjacent to an activating group) is 1. The SMILES string of the molecule is COc1ccc(OC)c(C(O)C(C)[N+](C)(C)C)c1.[Cl-]. The number of methoxy groups -OCH3 is 2. The Kier molecular flexibility index (Phi) is 6.63. The molecular formula is C14H24ClNO3. The maximum atomic E-state index is 10.5. The number of quaternary nitrogens is 1. The normalized spacial score (nSPS) is 14.3. The van der Waals surface area contributed by atoms with Gasteiger partial charge < -0.3 is 31.5 Å². The lowest BCUT2D eigenvalue weighted by Crippen LogP contribution is -3.00. The first-order valence-electron chi connectivity index (χ1n) is 6.02. The van der Waals surface area contributed by atoms with E-state index in [-0.39, 0.29) is 18.4 Å². The van der Waals surface area contributed by atoms with Gasteiger partial charge in [-0.15, -0.1) is 0 Å². The minimum atomic E-state index is -0.602. The highest BCUT2D eigenvalue weighted by molar-refractivity contribution is 5.42. The van der Waals surface area contributed by atoms with Crippen LogP contribution < -0.4 is 21.9 Å². The van der Waals surface area contributed by atoms with E-state index in [9.17, 15) is 5.11 Å². The van der Waals surface area contributed by atoms with Gasteiger partial charge in [-0.2, -0.15) is 0 Å². The monoisotopic (exact) mass is 289 g/mol. The molecule has 0 amide bonds. The van der Waals surface area contributed by atoms with E-state index in [2.05, 4.69) is 21.1 Å². The zero-order chi connectivity index (χ0) is 13.9. The molecule has 0 spiro atoms. The van der Waals surface area contributed by atoms with Crippen molar-refractivity contribution in [1.29, 1.82) is 0 Å². The molecule has 4 nitrogen and oxygen atoms in total. The molecule has 0 saturated heterocycles. The molecule has 0 aromatic heterocycles. The zero-order valence-electron chi connectivity index (χ0n) is 12.5. The molecule has 0 saturated carbocycles. The third kappa shape index (κ3) is 4.27. The Morgan fingerprint density at radius 3 is 2.11 bits per heavy atom. The van der Waals surface area contributed by atoms with Crippen LogP contribution >= 0.6 is 0 Å². The lowest BCUT2D eigenvalue weighted by molar-refractivity contribution is -0.898. The van der Waals surface area contributed by atoms with Crippen LogP contribution in [0.1, 0.15) is 18.6 Å². The van der Waals surface area contributed by atoms with Crippen LogP contribution in [0.4, 0.5) is 0 Å². The number of hydrogen-bond acceptors (Lipinski definition) is 3. The molecule has 110 valence electrons. The van der Waals surface area contributed by atoms with E-state index in [0.717, 1.165) is 11.3 Å². The third-order valence-corrected chi connectivity index (χ3v) is 3.43. The number of aliphatic hydroxyl groups is 1. The van der Waals surface area contributed by atoms with Gasteiger partial charge in [-0.05, 0) is 25.1 Å². The van der Waals surface area contributed by atoms with Gasteiger partial charge in [-0.1, -0.05) is 0 Å². The molecule has 0 heterocycles. The van der Waals surface area contributed by atoms with E-state index < -0.39 is 6.10 Å². The Balaban J connectivity index is 0.00000324. The molecule has 1 rings (SSSR count). The molecule has 0 aliphatic carbocycles. The fourth-order valence-corrected chi connectivity index (χ4v) is 1.75. The standard InChI is InChI=1S/C14H24NO3.ClH/c1-10(15(2,3)4)14(16)12-9-11(17-5)7-8-13(12)18-6;/h7-10,14,16H,1-6H3;1H/q+1;/p-1.